The van der Waals surface area contributed by atoms with E-state index in [1.54, 1.807) is 13.0 Å². The van der Waals surface area contributed by atoms with Gasteiger partial charge in [-0.25, -0.2) is 4.79 Å². The average Bonchev–Trinajstić information content (AvgIpc) is 3.43. The number of hydrogen-bond donors (Lipinski definition) is 3. The number of methoxy groups -OCH3 is 1. The molecule has 6 rings (SSSR count). The molecule has 0 aromatic rings. The molecule has 214 valence electrons. The van der Waals surface area contributed by atoms with E-state index in [1.807, 2.05) is 0 Å². The lowest BCUT2D eigenvalue weighted by atomic mass is 9.43. The Morgan fingerprint density at radius 2 is 1.79 bits per heavy atom. The molecule has 4 aliphatic carbocycles. The molecule has 4 saturated carbocycles. The third kappa shape index (κ3) is 3.88. The van der Waals surface area contributed by atoms with Gasteiger partial charge in [-0.3, -0.25) is 0 Å². The van der Waals surface area contributed by atoms with Gasteiger partial charge in [0.05, 0.1) is 17.8 Å². The zero-order valence-corrected chi connectivity index (χ0v) is 23.3. The van der Waals surface area contributed by atoms with Crippen LogP contribution in [-0.4, -0.2) is 77.4 Å². The van der Waals surface area contributed by atoms with Crippen LogP contribution in [0, 0.1) is 34.5 Å². The van der Waals surface area contributed by atoms with Crippen LogP contribution in [0.15, 0.2) is 11.6 Å². The van der Waals surface area contributed by atoms with E-state index in [0.717, 1.165) is 63.4 Å². The van der Waals surface area contributed by atoms with Crippen LogP contribution < -0.4 is 0 Å². The number of esters is 1. The van der Waals surface area contributed by atoms with Crippen molar-refractivity contribution < 1.29 is 39.1 Å². The van der Waals surface area contributed by atoms with Gasteiger partial charge in [0, 0.05) is 18.6 Å². The number of hydrogen-bond acceptors (Lipinski definition) is 8. The van der Waals surface area contributed by atoms with E-state index in [0.29, 0.717) is 18.4 Å². The van der Waals surface area contributed by atoms with Crippen molar-refractivity contribution in [3.05, 3.63) is 11.6 Å². The van der Waals surface area contributed by atoms with E-state index in [1.165, 1.54) is 7.11 Å². The molecule has 3 N–H and O–H groups in total. The number of cyclic esters (lactones) is 1. The predicted molar refractivity (Wildman–Crippen MR) is 138 cm³/mol. The Balaban J connectivity index is 1.16. The zero-order valence-electron chi connectivity index (χ0n) is 23.3. The molecule has 8 nitrogen and oxygen atoms in total. The number of aliphatic hydroxyl groups is 3. The molecule has 0 aromatic carbocycles. The van der Waals surface area contributed by atoms with E-state index >= 15 is 0 Å². The standard InChI is InChI=1S/C30H46O8/c1-16-24(32)26(35-4)25(33)27(37-16)38-19-7-10-28(2)18(14-19)5-6-22-21(28)8-11-29(3)20(9-12-30(22,29)34)17-13-23(31)36-15-17/h13,16,18-22,24-27,32-34H,5-12,14-15H2,1-4H3/t16-,18-,19+,20-,21-,22+,24+,25+,26+,27+,28+,29-,30+/m0/s1. The second kappa shape index (κ2) is 9.52. The molecule has 0 radical (unpaired) electrons. The normalized spacial score (nSPS) is 54.5. The maximum atomic E-state index is 12.4. The molecule has 0 unspecified atom stereocenters. The van der Waals surface area contributed by atoms with Gasteiger partial charge < -0.3 is 34.3 Å². The van der Waals surface area contributed by atoms with Crippen LogP contribution in [0.4, 0.5) is 0 Å². The van der Waals surface area contributed by atoms with Gasteiger partial charge in [-0.1, -0.05) is 13.8 Å². The first-order chi connectivity index (χ1) is 18.0. The Bertz CT molecular complexity index is 968. The minimum absolute atomic E-state index is 0.0103. The number of aliphatic hydroxyl groups excluding tert-OH is 2. The minimum Gasteiger partial charge on any atom is -0.458 e. The summed E-state index contributed by atoms with van der Waals surface area (Å²) in [6.45, 7) is 6.87. The summed E-state index contributed by atoms with van der Waals surface area (Å²) in [5.74, 6) is 1.22. The first kappa shape index (κ1) is 27.2. The van der Waals surface area contributed by atoms with Crippen molar-refractivity contribution in [3.63, 3.8) is 0 Å². The highest BCUT2D eigenvalue weighted by molar-refractivity contribution is 5.85. The van der Waals surface area contributed by atoms with Crippen molar-refractivity contribution >= 4 is 5.97 Å². The molecule has 0 aromatic heterocycles. The van der Waals surface area contributed by atoms with E-state index in [4.69, 9.17) is 18.9 Å². The van der Waals surface area contributed by atoms with Crippen molar-refractivity contribution in [3.8, 4) is 0 Å². The highest BCUT2D eigenvalue weighted by Crippen LogP contribution is 2.70. The summed E-state index contributed by atoms with van der Waals surface area (Å²) < 4.78 is 22.8. The van der Waals surface area contributed by atoms with Gasteiger partial charge in [-0.15, -0.1) is 0 Å². The second-order valence-electron chi connectivity index (χ2n) is 13.7. The fourth-order valence-corrected chi connectivity index (χ4v) is 10.1. The highest BCUT2D eigenvalue weighted by atomic mass is 16.7. The molecule has 0 spiro atoms. The van der Waals surface area contributed by atoms with Crippen molar-refractivity contribution in [2.75, 3.05) is 13.7 Å². The van der Waals surface area contributed by atoms with Crippen LogP contribution in [0.2, 0.25) is 0 Å². The summed E-state index contributed by atoms with van der Waals surface area (Å²) in [5, 5.41) is 33.5. The van der Waals surface area contributed by atoms with Crippen molar-refractivity contribution in [1.29, 1.82) is 0 Å². The number of carbonyl (C=O) groups is 1. The van der Waals surface area contributed by atoms with Crippen LogP contribution >= 0.6 is 0 Å². The first-order valence-electron chi connectivity index (χ1n) is 14.8. The fraction of sp³-hybridized carbons (Fsp3) is 0.900. The Morgan fingerprint density at radius 1 is 1.00 bits per heavy atom. The fourth-order valence-electron chi connectivity index (χ4n) is 10.1. The Hall–Kier alpha value is -1.03. The van der Waals surface area contributed by atoms with Gasteiger partial charge in [0.25, 0.3) is 0 Å². The summed E-state index contributed by atoms with van der Waals surface area (Å²) in [6.07, 6.45) is 6.45. The van der Waals surface area contributed by atoms with E-state index in [2.05, 4.69) is 13.8 Å². The predicted octanol–water partition coefficient (Wildman–Crippen LogP) is 3.11. The molecule has 2 heterocycles. The van der Waals surface area contributed by atoms with Gasteiger partial charge in [0.15, 0.2) is 6.29 Å². The van der Waals surface area contributed by atoms with Gasteiger partial charge in [-0.05, 0) is 99.4 Å². The lowest BCUT2D eigenvalue weighted by molar-refractivity contribution is -0.313. The summed E-state index contributed by atoms with van der Waals surface area (Å²) in [7, 11) is 1.49. The van der Waals surface area contributed by atoms with Gasteiger partial charge in [0.2, 0.25) is 0 Å². The third-order valence-electron chi connectivity index (χ3n) is 12.3. The van der Waals surface area contributed by atoms with Crippen LogP contribution in [0.25, 0.3) is 0 Å². The van der Waals surface area contributed by atoms with Crippen LogP contribution in [0.5, 0.6) is 0 Å². The number of rotatable bonds is 4. The minimum atomic E-state index is -1.04. The smallest absolute Gasteiger partial charge is 0.331 e. The monoisotopic (exact) mass is 534 g/mol. The molecule has 1 saturated heterocycles. The van der Waals surface area contributed by atoms with Crippen molar-refractivity contribution in [1.82, 2.24) is 0 Å². The Morgan fingerprint density at radius 3 is 2.50 bits per heavy atom. The maximum absolute atomic E-state index is 12.4. The lowest BCUT2D eigenvalue weighted by Gasteiger charge is -2.64. The average molecular weight is 535 g/mol. The molecule has 13 atom stereocenters. The van der Waals surface area contributed by atoms with Gasteiger partial charge in [0.1, 0.15) is 24.9 Å². The molecule has 0 bridgehead atoms. The molecule has 6 aliphatic rings. The zero-order chi connectivity index (χ0) is 27.0. The van der Waals surface area contributed by atoms with Crippen LogP contribution in [-0.2, 0) is 23.7 Å². The van der Waals surface area contributed by atoms with E-state index < -0.39 is 36.3 Å². The van der Waals surface area contributed by atoms with Crippen molar-refractivity contribution in [2.45, 2.75) is 121 Å². The Kier molecular flexibility index (Phi) is 6.80. The second-order valence-corrected chi connectivity index (χ2v) is 13.7. The number of fused-ring (bicyclic) bond motifs is 5. The van der Waals surface area contributed by atoms with Gasteiger partial charge in [-0.2, -0.15) is 0 Å². The number of carbonyl (C=O) groups excluding carboxylic acids is 1. The summed E-state index contributed by atoms with van der Waals surface area (Å²) in [4.78, 5) is 11.8. The summed E-state index contributed by atoms with van der Waals surface area (Å²) >= 11 is 0. The summed E-state index contributed by atoms with van der Waals surface area (Å²) in [6, 6.07) is 0. The van der Waals surface area contributed by atoms with Crippen molar-refractivity contribution in [2.24, 2.45) is 34.5 Å². The summed E-state index contributed by atoms with van der Waals surface area (Å²) in [5.41, 5.74) is 0.300. The largest absolute Gasteiger partial charge is 0.458 e. The number of ether oxygens (including phenoxy) is 4. The molecule has 8 heteroatoms. The van der Waals surface area contributed by atoms with E-state index in [-0.39, 0.29) is 34.7 Å². The quantitative estimate of drug-likeness (QED) is 0.372. The SMILES string of the molecule is CO[C@H]1[C@@H](O)[C@@H](O[C@@H]2CC[C@]3(C)[C@@H](CC[C@@H]4[C@@H]3CC[C@@]3(C)[C@H](C5=CC(=O)OC5)CC[C@@]43O)C2)O[C@@H](C)[C@H]1O. The molecule has 38 heavy (non-hydrogen) atoms. The topological polar surface area (TPSA) is 115 Å². The van der Waals surface area contributed by atoms with E-state index in [9.17, 15) is 20.1 Å². The molecular formula is C30H46O8. The first-order valence-corrected chi connectivity index (χ1v) is 14.8. The third-order valence-corrected chi connectivity index (χ3v) is 12.3. The van der Waals surface area contributed by atoms with Gasteiger partial charge >= 0.3 is 5.97 Å². The maximum Gasteiger partial charge on any atom is 0.331 e. The lowest BCUT2D eigenvalue weighted by Crippen LogP contribution is -2.62. The molecule has 0 amide bonds. The Labute approximate surface area is 226 Å². The highest BCUT2D eigenvalue weighted by Gasteiger charge is 2.67. The molecule has 5 fully saturated rings. The molecule has 2 aliphatic heterocycles. The molecular weight excluding hydrogens is 488 g/mol. The van der Waals surface area contributed by atoms with Crippen LogP contribution in [0.1, 0.15) is 78.6 Å². The van der Waals surface area contributed by atoms with Crippen LogP contribution in [0.3, 0.4) is 0 Å².